The summed E-state index contributed by atoms with van der Waals surface area (Å²) in [4.78, 5) is 34.1. The SMILES string of the molecule is O=[Si]([O-])[O-].O=[Si]([O-])[O-].[Na+].[Na+].[Zn+2]. The average molecular weight is 264 g/mol. The maximum absolute atomic E-state index is 8.52. The maximum Gasteiger partial charge on any atom is 2.00 e. The van der Waals surface area contributed by atoms with Gasteiger partial charge in [0.15, 0.2) is 0 Å². The first-order valence-electron chi connectivity index (χ1n) is 1.22. The molecule has 0 atom stereocenters. The van der Waals surface area contributed by atoms with Crippen molar-refractivity contribution >= 4 is 18.3 Å². The molecule has 0 saturated carbocycles. The van der Waals surface area contributed by atoms with Crippen LogP contribution in [0.15, 0.2) is 0 Å². The van der Waals surface area contributed by atoms with Crippen molar-refractivity contribution in [1.82, 2.24) is 0 Å². The first-order valence-corrected chi connectivity index (χ1v) is 3.67. The predicted molar refractivity (Wildman–Crippen MR) is 12.9 cm³/mol. The van der Waals surface area contributed by atoms with Crippen LogP contribution in [-0.2, 0) is 28.4 Å². The Morgan fingerprint density at radius 2 is 0.727 bits per heavy atom. The van der Waals surface area contributed by atoms with E-state index in [4.69, 9.17) is 28.1 Å². The summed E-state index contributed by atoms with van der Waals surface area (Å²) in [5.74, 6) is 0. The fourth-order valence-electron chi connectivity index (χ4n) is 0. The Morgan fingerprint density at radius 1 is 0.727 bits per heavy atom. The third kappa shape index (κ3) is 334. The molecule has 0 aliphatic carbocycles. The van der Waals surface area contributed by atoms with E-state index in [9.17, 15) is 0 Å². The van der Waals surface area contributed by atoms with Crippen molar-refractivity contribution in [2.24, 2.45) is 0 Å². The molecule has 0 aromatic rings. The van der Waals surface area contributed by atoms with Crippen LogP contribution in [0.1, 0.15) is 0 Å². The molecule has 0 aromatic heterocycles. The summed E-state index contributed by atoms with van der Waals surface area (Å²) in [5, 5.41) is 0. The largest absolute Gasteiger partial charge is 2.00 e. The summed E-state index contributed by atoms with van der Waals surface area (Å²) in [7, 11) is -7.26. The maximum atomic E-state index is 8.52. The molecule has 0 amide bonds. The second-order valence-electron chi connectivity index (χ2n) is 0.500. The van der Waals surface area contributed by atoms with Crippen LogP contribution in [0.3, 0.4) is 0 Å². The van der Waals surface area contributed by atoms with Gasteiger partial charge in [-0.05, 0) is 0 Å². The molecule has 11 heteroatoms. The molecule has 48 valence electrons. The van der Waals surface area contributed by atoms with Crippen molar-refractivity contribution in [1.29, 1.82) is 0 Å². The summed E-state index contributed by atoms with van der Waals surface area (Å²) in [6.07, 6.45) is 0. The molecule has 0 N–H and O–H groups in total. The van der Waals surface area contributed by atoms with E-state index in [1.54, 1.807) is 0 Å². The van der Waals surface area contributed by atoms with E-state index >= 15 is 0 Å². The number of hydrogen-bond acceptors (Lipinski definition) is 6. The van der Waals surface area contributed by atoms with Crippen LogP contribution in [-0.4, -0.2) is 18.3 Å². The predicted octanol–water partition coefficient (Wildman–Crippen LogP) is -11.7. The van der Waals surface area contributed by atoms with Crippen LogP contribution in [0, 0.1) is 0 Å². The van der Waals surface area contributed by atoms with Crippen LogP contribution in [0.5, 0.6) is 0 Å². The van der Waals surface area contributed by atoms with Crippen LogP contribution in [0.25, 0.3) is 0 Å². The molecule has 0 saturated heterocycles. The van der Waals surface area contributed by atoms with Gasteiger partial charge in [-0.3, -0.25) is 0 Å². The van der Waals surface area contributed by atoms with E-state index in [1.165, 1.54) is 0 Å². The molecule has 6 nitrogen and oxygen atoms in total. The van der Waals surface area contributed by atoms with Crippen molar-refractivity contribution < 1.29 is 107 Å². The number of rotatable bonds is 0. The van der Waals surface area contributed by atoms with Crippen molar-refractivity contribution in [3.05, 3.63) is 0 Å². The topological polar surface area (TPSA) is 126 Å². The Hall–Kier alpha value is 1.86. The van der Waals surface area contributed by atoms with Crippen LogP contribution in [0.2, 0.25) is 0 Å². The zero-order valence-electron chi connectivity index (χ0n) is 6.16. The van der Waals surface area contributed by atoms with Gasteiger partial charge in [-0.2, -0.15) is 0 Å². The molecule has 0 radical (unpaired) electrons. The molecular formula is Na2O6Si2Zn. The normalized spacial score (nSPS) is 4.36. The van der Waals surface area contributed by atoms with Gasteiger partial charge in [0, 0.05) is 18.3 Å². The van der Waals surface area contributed by atoms with E-state index in [2.05, 4.69) is 0 Å². The van der Waals surface area contributed by atoms with Crippen molar-refractivity contribution in [3.8, 4) is 0 Å². The van der Waals surface area contributed by atoms with Gasteiger partial charge >= 0.3 is 78.6 Å². The van der Waals surface area contributed by atoms with Gasteiger partial charge in [0.25, 0.3) is 0 Å². The van der Waals surface area contributed by atoms with Gasteiger partial charge in [0.1, 0.15) is 0 Å². The van der Waals surface area contributed by atoms with Crippen LogP contribution in [0.4, 0.5) is 0 Å². The van der Waals surface area contributed by atoms with Crippen molar-refractivity contribution in [2.45, 2.75) is 0 Å². The zero-order valence-corrected chi connectivity index (χ0v) is 15.1. The van der Waals surface area contributed by atoms with Gasteiger partial charge in [0.05, 0.1) is 0 Å². The zero-order chi connectivity index (χ0) is 7.15. The van der Waals surface area contributed by atoms with Gasteiger partial charge in [-0.15, -0.1) is 0 Å². The summed E-state index contributed by atoms with van der Waals surface area (Å²) < 4.78 is 17.0. The van der Waals surface area contributed by atoms with Gasteiger partial charge in [-0.1, -0.05) is 0 Å². The van der Waals surface area contributed by atoms with Crippen LogP contribution < -0.4 is 78.3 Å². The average Bonchev–Trinajstić information content (AvgIpc) is 1.25. The van der Waals surface area contributed by atoms with Gasteiger partial charge in [0.2, 0.25) is 0 Å². The minimum Gasteiger partial charge on any atom is -0.672 e. The smallest absolute Gasteiger partial charge is 0.672 e. The summed E-state index contributed by atoms with van der Waals surface area (Å²) in [6.45, 7) is 0. The second-order valence-corrected chi connectivity index (χ2v) is 1.50. The summed E-state index contributed by atoms with van der Waals surface area (Å²) >= 11 is 0. The molecule has 0 heterocycles. The molecular weight excluding hydrogens is 264 g/mol. The number of hydrogen-bond donors (Lipinski definition) is 0. The van der Waals surface area contributed by atoms with Gasteiger partial charge < -0.3 is 28.1 Å². The van der Waals surface area contributed by atoms with E-state index in [1.807, 2.05) is 0 Å². The first kappa shape index (κ1) is 29.3. The van der Waals surface area contributed by atoms with E-state index < -0.39 is 18.3 Å². The Morgan fingerprint density at radius 3 is 0.727 bits per heavy atom. The Kier molecular flexibility index (Phi) is 60.3. The van der Waals surface area contributed by atoms with E-state index in [0.717, 1.165) is 0 Å². The summed E-state index contributed by atoms with van der Waals surface area (Å²) in [6, 6.07) is 0. The fraction of sp³-hybridized carbons (Fsp3) is 0. The van der Waals surface area contributed by atoms with Crippen LogP contribution >= 0.6 is 0 Å². The Bertz CT molecular complexity index is 76.6. The Balaban J connectivity index is -0.0000000171. The van der Waals surface area contributed by atoms with Crippen molar-refractivity contribution in [2.75, 3.05) is 0 Å². The minimum atomic E-state index is -3.63. The molecule has 0 aliphatic rings. The quantitative estimate of drug-likeness (QED) is 0.399. The molecule has 0 fully saturated rings. The fourth-order valence-corrected chi connectivity index (χ4v) is 0. The third-order valence-electron chi connectivity index (χ3n) is 0. The summed E-state index contributed by atoms with van der Waals surface area (Å²) in [5.41, 5.74) is 0. The van der Waals surface area contributed by atoms with Crippen molar-refractivity contribution in [3.63, 3.8) is 0 Å². The molecule has 11 heavy (non-hydrogen) atoms. The minimum absolute atomic E-state index is 0. The molecule has 0 rings (SSSR count). The molecule has 0 bridgehead atoms. The standard InChI is InChI=1S/2Na.2O3Si.Zn/c;;2*1-4(2)3;/q2*+1;2*-2;+2. The molecule has 0 aliphatic heterocycles. The second kappa shape index (κ2) is 22.6. The van der Waals surface area contributed by atoms with E-state index in [-0.39, 0.29) is 78.6 Å². The molecule has 0 aromatic carbocycles. The Labute approximate surface area is 123 Å². The first-order chi connectivity index (χ1) is 3.46. The monoisotopic (exact) mass is 262 g/mol. The third-order valence-corrected chi connectivity index (χ3v) is 0. The van der Waals surface area contributed by atoms with E-state index in [0.29, 0.717) is 0 Å². The van der Waals surface area contributed by atoms with Gasteiger partial charge in [-0.25, -0.2) is 0 Å². The molecule has 0 unspecified atom stereocenters. The molecule has 0 spiro atoms.